The molecule has 0 aliphatic heterocycles. The Balaban J connectivity index is 1.69. The highest BCUT2D eigenvalue weighted by atomic mass is 16.2. The molecule has 0 saturated carbocycles. The van der Waals surface area contributed by atoms with Gasteiger partial charge in [-0.3, -0.25) is 30.7 Å². The Labute approximate surface area is 139 Å². The highest BCUT2D eigenvalue weighted by molar-refractivity contribution is 5.89. The lowest BCUT2D eigenvalue weighted by molar-refractivity contribution is -0.128. The van der Waals surface area contributed by atoms with Crippen molar-refractivity contribution in [3.05, 3.63) is 36.0 Å². The number of hydrogen-bond donors (Lipinski definition) is 5. The molecule has 8 nitrogen and oxygen atoms in total. The van der Waals surface area contributed by atoms with Gasteiger partial charge in [0.05, 0.1) is 6.42 Å². The van der Waals surface area contributed by atoms with Crippen molar-refractivity contribution in [3.63, 3.8) is 0 Å². The third-order valence-electron chi connectivity index (χ3n) is 3.59. The Kier molecular flexibility index (Phi) is 6.32. The van der Waals surface area contributed by atoms with Crippen molar-refractivity contribution in [2.75, 3.05) is 0 Å². The minimum atomic E-state index is -0.296. The van der Waals surface area contributed by atoms with E-state index < -0.39 is 0 Å². The van der Waals surface area contributed by atoms with E-state index in [2.05, 4.69) is 15.8 Å². The number of hydrazine groups is 2. The number of benzene rings is 1. The van der Waals surface area contributed by atoms with Crippen molar-refractivity contribution < 1.29 is 14.4 Å². The van der Waals surface area contributed by atoms with Crippen molar-refractivity contribution in [1.29, 1.82) is 0 Å². The number of H-pyrrole nitrogens is 1. The molecule has 24 heavy (non-hydrogen) atoms. The van der Waals surface area contributed by atoms with Gasteiger partial charge in [0, 0.05) is 29.9 Å². The number of carbonyl (C=O) groups is 3. The van der Waals surface area contributed by atoms with Crippen LogP contribution in [0.3, 0.4) is 0 Å². The molecule has 3 amide bonds. The van der Waals surface area contributed by atoms with Gasteiger partial charge in [0.15, 0.2) is 0 Å². The first kappa shape index (κ1) is 17.5. The van der Waals surface area contributed by atoms with Gasteiger partial charge >= 0.3 is 0 Å². The van der Waals surface area contributed by atoms with Crippen LogP contribution in [0.25, 0.3) is 10.9 Å². The summed E-state index contributed by atoms with van der Waals surface area (Å²) in [7, 11) is 0. The predicted molar refractivity (Wildman–Crippen MR) is 89.1 cm³/mol. The molecule has 0 unspecified atom stereocenters. The fourth-order valence-electron chi connectivity index (χ4n) is 2.34. The first-order valence-electron chi connectivity index (χ1n) is 7.72. The number of rotatable bonds is 7. The van der Waals surface area contributed by atoms with Crippen LogP contribution in [0.5, 0.6) is 0 Å². The van der Waals surface area contributed by atoms with Gasteiger partial charge in [0.25, 0.3) is 0 Å². The number of amides is 3. The van der Waals surface area contributed by atoms with Crippen molar-refractivity contribution in [2.45, 2.75) is 32.1 Å². The molecule has 1 heterocycles. The lowest BCUT2D eigenvalue weighted by atomic mass is 10.1. The standard InChI is InChI=1S/C16H21N5O3/c17-19-14(22)7-3-4-8-15(23)20-21-16(24)9-11-10-18-13-6-2-1-5-12(11)13/h1-2,5-6,10,18H,3-4,7-9,17H2,(H,19,22)(H,20,23)(H,21,24). The average Bonchev–Trinajstić information content (AvgIpc) is 2.99. The molecule has 0 fully saturated rings. The Morgan fingerprint density at radius 2 is 1.62 bits per heavy atom. The van der Waals surface area contributed by atoms with Crippen LogP contribution in [0.2, 0.25) is 0 Å². The van der Waals surface area contributed by atoms with Crippen molar-refractivity contribution in [1.82, 2.24) is 21.3 Å². The maximum atomic E-state index is 11.9. The van der Waals surface area contributed by atoms with E-state index in [1.54, 1.807) is 6.20 Å². The second kappa shape index (κ2) is 8.68. The van der Waals surface area contributed by atoms with E-state index in [-0.39, 0.29) is 37.0 Å². The number of unbranched alkanes of at least 4 members (excludes halogenated alkanes) is 1. The zero-order chi connectivity index (χ0) is 17.4. The second-order valence-electron chi connectivity index (χ2n) is 5.41. The Bertz CT molecular complexity index is 725. The Morgan fingerprint density at radius 1 is 0.958 bits per heavy atom. The van der Waals surface area contributed by atoms with Crippen LogP contribution in [0, 0.1) is 0 Å². The van der Waals surface area contributed by atoms with Gasteiger partial charge in [-0.25, -0.2) is 5.84 Å². The first-order chi connectivity index (χ1) is 11.6. The molecule has 6 N–H and O–H groups in total. The molecule has 1 aromatic heterocycles. The Morgan fingerprint density at radius 3 is 2.38 bits per heavy atom. The number of hydrogen-bond acceptors (Lipinski definition) is 4. The molecule has 0 bridgehead atoms. The van der Waals surface area contributed by atoms with E-state index >= 15 is 0 Å². The number of nitrogens with one attached hydrogen (secondary N) is 4. The molecule has 8 heteroatoms. The predicted octanol–water partition coefficient (Wildman–Crippen LogP) is 0.408. The summed E-state index contributed by atoms with van der Waals surface area (Å²) < 4.78 is 0. The molecule has 128 valence electrons. The molecule has 0 radical (unpaired) electrons. The SMILES string of the molecule is NNC(=O)CCCCC(=O)NNC(=O)Cc1c[nH]c2ccccc12. The van der Waals surface area contributed by atoms with Gasteiger partial charge in [-0.2, -0.15) is 0 Å². The second-order valence-corrected chi connectivity index (χ2v) is 5.41. The summed E-state index contributed by atoms with van der Waals surface area (Å²) in [5.41, 5.74) is 8.62. The van der Waals surface area contributed by atoms with E-state index in [0.717, 1.165) is 16.5 Å². The highest BCUT2D eigenvalue weighted by Gasteiger charge is 2.09. The number of aromatic nitrogens is 1. The zero-order valence-electron chi connectivity index (χ0n) is 13.2. The van der Waals surface area contributed by atoms with Gasteiger partial charge in [-0.05, 0) is 24.5 Å². The summed E-state index contributed by atoms with van der Waals surface area (Å²) in [4.78, 5) is 37.5. The molecule has 2 rings (SSSR count). The van der Waals surface area contributed by atoms with E-state index in [9.17, 15) is 14.4 Å². The van der Waals surface area contributed by atoms with Crippen LogP contribution in [-0.4, -0.2) is 22.7 Å². The summed E-state index contributed by atoms with van der Waals surface area (Å²) in [6.07, 6.45) is 3.55. The minimum Gasteiger partial charge on any atom is -0.361 e. The van der Waals surface area contributed by atoms with Crippen molar-refractivity contribution in [2.24, 2.45) is 5.84 Å². The molecule has 0 aliphatic rings. The van der Waals surface area contributed by atoms with Crippen LogP contribution in [-0.2, 0) is 20.8 Å². The summed E-state index contributed by atoms with van der Waals surface area (Å²) in [5, 5.41) is 0.983. The van der Waals surface area contributed by atoms with Gasteiger partial charge in [0.1, 0.15) is 0 Å². The lowest BCUT2D eigenvalue weighted by Crippen LogP contribution is -2.42. The number of aromatic amines is 1. The largest absolute Gasteiger partial charge is 0.361 e. The minimum absolute atomic E-state index is 0.168. The third kappa shape index (κ3) is 5.10. The van der Waals surface area contributed by atoms with Crippen LogP contribution in [0.4, 0.5) is 0 Å². The lowest BCUT2D eigenvalue weighted by Gasteiger charge is -2.07. The van der Waals surface area contributed by atoms with Crippen LogP contribution < -0.4 is 22.1 Å². The van der Waals surface area contributed by atoms with E-state index in [0.29, 0.717) is 12.8 Å². The van der Waals surface area contributed by atoms with Gasteiger partial charge in [0.2, 0.25) is 17.7 Å². The fraction of sp³-hybridized carbons (Fsp3) is 0.312. The normalized spacial score (nSPS) is 10.4. The van der Waals surface area contributed by atoms with Crippen molar-refractivity contribution in [3.8, 4) is 0 Å². The summed E-state index contributed by atoms with van der Waals surface area (Å²) in [6, 6.07) is 7.69. The van der Waals surface area contributed by atoms with E-state index in [1.807, 2.05) is 29.7 Å². The molecule has 2 aromatic rings. The summed E-state index contributed by atoms with van der Waals surface area (Å²) in [5.74, 6) is 4.10. The number of fused-ring (bicyclic) bond motifs is 1. The van der Waals surface area contributed by atoms with Crippen LogP contribution >= 0.6 is 0 Å². The molecular weight excluding hydrogens is 310 g/mol. The van der Waals surface area contributed by atoms with E-state index in [4.69, 9.17) is 5.84 Å². The van der Waals surface area contributed by atoms with Crippen LogP contribution in [0.1, 0.15) is 31.2 Å². The first-order valence-corrected chi connectivity index (χ1v) is 7.72. The van der Waals surface area contributed by atoms with Gasteiger partial charge in [-0.1, -0.05) is 18.2 Å². The molecule has 0 spiro atoms. The smallest absolute Gasteiger partial charge is 0.242 e. The van der Waals surface area contributed by atoms with Crippen LogP contribution in [0.15, 0.2) is 30.5 Å². The average molecular weight is 331 g/mol. The third-order valence-corrected chi connectivity index (χ3v) is 3.59. The number of para-hydroxylation sites is 1. The molecule has 0 aliphatic carbocycles. The zero-order valence-corrected chi connectivity index (χ0v) is 13.2. The number of carbonyl (C=O) groups excluding carboxylic acids is 3. The molecular formula is C16H21N5O3. The molecule has 0 saturated heterocycles. The summed E-state index contributed by atoms with van der Waals surface area (Å²) >= 11 is 0. The van der Waals surface area contributed by atoms with Gasteiger partial charge < -0.3 is 4.98 Å². The maximum absolute atomic E-state index is 11.9. The van der Waals surface area contributed by atoms with Crippen molar-refractivity contribution >= 4 is 28.6 Å². The maximum Gasteiger partial charge on any atom is 0.242 e. The monoisotopic (exact) mass is 331 g/mol. The quantitative estimate of drug-likeness (QED) is 0.218. The van der Waals surface area contributed by atoms with Gasteiger partial charge in [-0.15, -0.1) is 0 Å². The number of nitrogens with two attached hydrogens (primary N) is 1. The highest BCUT2D eigenvalue weighted by Crippen LogP contribution is 2.17. The molecule has 1 aromatic carbocycles. The molecule has 0 atom stereocenters. The fourth-order valence-corrected chi connectivity index (χ4v) is 2.34. The summed E-state index contributed by atoms with van der Waals surface area (Å²) in [6.45, 7) is 0. The Hall–Kier alpha value is -2.87. The van der Waals surface area contributed by atoms with E-state index in [1.165, 1.54) is 0 Å². The topological polar surface area (TPSA) is 129 Å².